The zero-order valence-corrected chi connectivity index (χ0v) is 15.2. The number of fused-ring (bicyclic) bond motifs is 1. The van der Waals surface area contributed by atoms with E-state index in [-0.39, 0.29) is 11.8 Å². The Labute approximate surface area is 148 Å². The van der Waals surface area contributed by atoms with E-state index >= 15 is 0 Å². The first-order chi connectivity index (χ1) is 11.6. The third kappa shape index (κ3) is 4.20. The molecule has 128 valence electrons. The molecule has 1 amide bonds. The van der Waals surface area contributed by atoms with Crippen LogP contribution in [0.3, 0.4) is 0 Å². The average molecular weight is 343 g/mol. The first kappa shape index (κ1) is 17.1. The Morgan fingerprint density at radius 1 is 1.38 bits per heavy atom. The summed E-state index contributed by atoms with van der Waals surface area (Å²) in [6.07, 6.45) is 4.97. The van der Waals surface area contributed by atoms with Gasteiger partial charge < -0.3 is 5.32 Å². The lowest BCUT2D eigenvalue weighted by Crippen LogP contribution is -2.32. The van der Waals surface area contributed by atoms with Gasteiger partial charge in [0, 0.05) is 36.9 Å². The van der Waals surface area contributed by atoms with E-state index in [0.717, 1.165) is 48.6 Å². The quantitative estimate of drug-likeness (QED) is 0.820. The van der Waals surface area contributed by atoms with Crippen LogP contribution in [0, 0.1) is 6.92 Å². The number of rotatable bonds is 6. The van der Waals surface area contributed by atoms with Gasteiger partial charge in [-0.3, -0.25) is 9.48 Å². The van der Waals surface area contributed by atoms with E-state index in [1.807, 2.05) is 29.7 Å². The highest BCUT2D eigenvalue weighted by Gasteiger charge is 2.28. The van der Waals surface area contributed by atoms with Crippen LogP contribution in [0.2, 0.25) is 0 Å². The zero-order chi connectivity index (χ0) is 16.9. The molecule has 0 spiro atoms. The molecule has 0 unspecified atom stereocenters. The van der Waals surface area contributed by atoms with E-state index in [4.69, 9.17) is 0 Å². The molecule has 1 aromatic carbocycles. The molecule has 5 heteroatoms. The van der Waals surface area contributed by atoms with E-state index < -0.39 is 0 Å². The van der Waals surface area contributed by atoms with Crippen molar-refractivity contribution >= 4 is 17.7 Å². The van der Waals surface area contributed by atoms with Crippen molar-refractivity contribution in [1.29, 1.82) is 0 Å². The molecule has 1 aromatic heterocycles. The maximum atomic E-state index is 12.5. The molecule has 4 nitrogen and oxygen atoms in total. The number of aromatic nitrogens is 2. The topological polar surface area (TPSA) is 46.9 Å². The van der Waals surface area contributed by atoms with E-state index in [1.54, 1.807) is 0 Å². The van der Waals surface area contributed by atoms with Gasteiger partial charge in [-0.15, -0.1) is 0 Å². The van der Waals surface area contributed by atoms with E-state index in [9.17, 15) is 4.79 Å². The first-order valence-electron chi connectivity index (χ1n) is 8.57. The van der Waals surface area contributed by atoms with Crippen molar-refractivity contribution in [2.24, 2.45) is 7.05 Å². The highest BCUT2D eigenvalue weighted by atomic mass is 32.2. The molecule has 0 saturated heterocycles. The summed E-state index contributed by atoms with van der Waals surface area (Å²) >= 11 is 1.86. The Kier molecular flexibility index (Phi) is 5.61. The highest BCUT2D eigenvalue weighted by molar-refractivity contribution is 7.98. The average Bonchev–Trinajstić information content (AvgIpc) is 2.96. The van der Waals surface area contributed by atoms with Gasteiger partial charge in [-0.2, -0.15) is 16.9 Å². The van der Waals surface area contributed by atoms with Crippen molar-refractivity contribution in [2.75, 3.05) is 12.3 Å². The number of nitrogens with one attached hydrogen (secondary N) is 1. The normalized spacial score (nSPS) is 16.7. The highest BCUT2D eigenvalue weighted by Crippen LogP contribution is 2.30. The van der Waals surface area contributed by atoms with Crippen molar-refractivity contribution in [3.8, 4) is 0 Å². The maximum absolute atomic E-state index is 12.5. The molecule has 3 rings (SSSR count). The van der Waals surface area contributed by atoms with Crippen LogP contribution in [0.5, 0.6) is 0 Å². The van der Waals surface area contributed by atoms with Gasteiger partial charge in [-0.25, -0.2) is 0 Å². The number of carbonyl (C=O) groups excluding carboxylic acids is 1. The monoisotopic (exact) mass is 343 g/mol. The predicted octanol–water partition coefficient (Wildman–Crippen LogP) is 3.20. The molecular weight excluding hydrogens is 318 g/mol. The lowest BCUT2D eigenvalue weighted by molar-refractivity contribution is -0.122. The van der Waals surface area contributed by atoms with Crippen molar-refractivity contribution in [3.05, 3.63) is 52.8 Å². The summed E-state index contributed by atoms with van der Waals surface area (Å²) in [5.74, 6) is 2.06. The summed E-state index contributed by atoms with van der Waals surface area (Å²) in [5, 5.41) is 7.57. The third-order valence-electron chi connectivity index (χ3n) is 4.47. The fourth-order valence-electron chi connectivity index (χ4n) is 3.18. The molecule has 1 aliphatic carbocycles. The molecule has 24 heavy (non-hydrogen) atoms. The summed E-state index contributed by atoms with van der Waals surface area (Å²) in [7, 11) is 1.93. The molecule has 1 aliphatic rings. The molecule has 0 bridgehead atoms. The van der Waals surface area contributed by atoms with Gasteiger partial charge in [0.15, 0.2) is 0 Å². The van der Waals surface area contributed by atoms with Crippen LogP contribution in [0.4, 0.5) is 0 Å². The Morgan fingerprint density at radius 3 is 2.96 bits per heavy atom. The number of benzene rings is 1. The minimum absolute atomic E-state index is 0.0236. The van der Waals surface area contributed by atoms with Crippen LogP contribution in [-0.2, 0) is 24.0 Å². The summed E-state index contributed by atoms with van der Waals surface area (Å²) in [6, 6.07) is 8.64. The molecule has 1 atom stereocenters. The zero-order valence-electron chi connectivity index (χ0n) is 14.4. The van der Waals surface area contributed by atoms with Gasteiger partial charge in [0.25, 0.3) is 0 Å². The number of aryl methyl sites for hydroxylation is 3. The number of hydrogen-bond acceptors (Lipinski definition) is 3. The van der Waals surface area contributed by atoms with Crippen LogP contribution in [0.1, 0.15) is 41.1 Å². The largest absolute Gasteiger partial charge is 0.355 e. The Hall–Kier alpha value is -1.75. The molecule has 0 saturated carbocycles. The number of amides is 1. The third-order valence-corrected chi connectivity index (χ3v) is 5.50. The summed E-state index contributed by atoms with van der Waals surface area (Å²) < 4.78 is 1.83. The van der Waals surface area contributed by atoms with Gasteiger partial charge in [0.05, 0.1) is 11.6 Å². The number of thioether (sulfide) groups is 1. The summed E-state index contributed by atoms with van der Waals surface area (Å²) in [5.41, 5.74) is 4.84. The van der Waals surface area contributed by atoms with Crippen molar-refractivity contribution in [1.82, 2.24) is 15.1 Å². The van der Waals surface area contributed by atoms with Crippen LogP contribution in [-0.4, -0.2) is 28.0 Å². The van der Waals surface area contributed by atoms with E-state index in [1.165, 1.54) is 11.1 Å². The summed E-state index contributed by atoms with van der Waals surface area (Å²) in [4.78, 5) is 12.5. The van der Waals surface area contributed by atoms with Crippen LogP contribution in [0.15, 0.2) is 30.5 Å². The van der Waals surface area contributed by atoms with Crippen LogP contribution >= 0.6 is 11.8 Å². The second kappa shape index (κ2) is 7.88. The van der Waals surface area contributed by atoms with Gasteiger partial charge in [-0.1, -0.05) is 29.8 Å². The Bertz CT molecular complexity index is 693. The van der Waals surface area contributed by atoms with Crippen molar-refractivity contribution in [2.45, 2.75) is 37.9 Å². The number of carbonyl (C=O) groups is 1. The predicted molar refractivity (Wildman–Crippen MR) is 99.2 cm³/mol. The van der Waals surface area contributed by atoms with Crippen molar-refractivity contribution < 1.29 is 4.79 Å². The minimum atomic E-state index is -0.0236. The number of nitrogens with zero attached hydrogens (tertiary/aromatic N) is 2. The molecule has 2 aromatic rings. The SMILES string of the molecule is Cc1ccc(CSCCNC(=O)[C@@H]2CCCc3nn(C)cc32)cc1. The molecule has 0 radical (unpaired) electrons. The van der Waals surface area contributed by atoms with Gasteiger partial charge in [0.1, 0.15) is 0 Å². The minimum Gasteiger partial charge on any atom is -0.355 e. The lowest BCUT2D eigenvalue weighted by atomic mass is 9.86. The van der Waals surface area contributed by atoms with E-state index in [2.05, 4.69) is 41.6 Å². The molecule has 0 fully saturated rings. The first-order valence-corrected chi connectivity index (χ1v) is 9.72. The smallest absolute Gasteiger partial charge is 0.227 e. The molecular formula is C19H25N3OS. The molecule has 1 heterocycles. The second-order valence-electron chi connectivity index (χ2n) is 6.48. The van der Waals surface area contributed by atoms with Gasteiger partial charge in [-0.05, 0) is 31.7 Å². The molecule has 1 N–H and O–H groups in total. The lowest BCUT2D eigenvalue weighted by Gasteiger charge is -2.20. The second-order valence-corrected chi connectivity index (χ2v) is 7.58. The van der Waals surface area contributed by atoms with Gasteiger partial charge in [0.2, 0.25) is 5.91 Å². The summed E-state index contributed by atoms with van der Waals surface area (Å²) in [6.45, 7) is 2.83. The van der Waals surface area contributed by atoms with Crippen LogP contribution in [0.25, 0.3) is 0 Å². The number of hydrogen-bond donors (Lipinski definition) is 1. The Morgan fingerprint density at radius 2 is 2.17 bits per heavy atom. The van der Waals surface area contributed by atoms with Crippen molar-refractivity contribution in [3.63, 3.8) is 0 Å². The van der Waals surface area contributed by atoms with Gasteiger partial charge >= 0.3 is 0 Å². The van der Waals surface area contributed by atoms with Crippen LogP contribution < -0.4 is 5.32 Å². The van der Waals surface area contributed by atoms with E-state index in [0.29, 0.717) is 0 Å². The molecule has 0 aliphatic heterocycles. The Balaban J connectivity index is 1.42. The fourth-order valence-corrected chi connectivity index (χ4v) is 4.00. The maximum Gasteiger partial charge on any atom is 0.227 e. The fraction of sp³-hybridized carbons (Fsp3) is 0.474. The standard InChI is InChI=1S/C19H25N3OS/c1-14-6-8-15(9-7-14)13-24-11-10-20-19(23)16-4-3-5-18-17(16)12-22(2)21-18/h6-9,12,16H,3-5,10-11,13H2,1-2H3,(H,20,23)/t16-/m1/s1.